The Balaban J connectivity index is 2.16. The minimum atomic E-state index is 0.792. The molecule has 1 heterocycles. The van der Waals surface area contributed by atoms with Gasteiger partial charge in [-0.15, -0.1) is 0 Å². The fraction of sp³-hybridized carbons (Fsp3) is 0.500. The molecule has 3 heteroatoms. The van der Waals surface area contributed by atoms with Crippen LogP contribution in [0.5, 0.6) is 0 Å². The van der Waals surface area contributed by atoms with Crippen LogP contribution in [0.4, 0.5) is 5.69 Å². The normalized spacial score (nSPS) is 16.9. The molecular weight excluding hydrogens is 210 g/mol. The van der Waals surface area contributed by atoms with Gasteiger partial charge in [0, 0.05) is 31.9 Å². The van der Waals surface area contributed by atoms with E-state index in [2.05, 4.69) is 28.9 Å². The zero-order valence-electron chi connectivity index (χ0n) is 10.6. The zero-order chi connectivity index (χ0) is 12.3. The number of nitriles is 1. The molecule has 0 aliphatic carbocycles. The summed E-state index contributed by atoms with van der Waals surface area (Å²) in [4.78, 5) is 4.85. The summed E-state index contributed by atoms with van der Waals surface area (Å²) in [5, 5.41) is 9.04. The summed E-state index contributed by atoms with van der Waals surface area (Å²) in [6.07, 6.45) is 0. The van der Waals surface area contributed by atoms with E-state index >= 15 is 0 Å². The van der Waals surface area contributed by atoms with Crippen molar-refractivity contribution in [3.63, 3.8) is 0 Å². The van der Waals surface area contributed by atoms with Crippen molar-refractivity contribution in [2.24, 2.45) is 0 Å². The molecule has 90 valence electrons. The Kier molecular flexibility index (Phi) is 3.65. The zero-order valence-corrected chi connectivity index (χ0v) is 10.6. The van der Waals surface area contributed by atoms with Crippen molar-refractivity contribution in [3.8, 4) is 6.07 Å². The first-order valence-electron chi connectivity index (χ1n) is 6.23. The molecule has 0 saturated carbocycles. The molecule has 1 aliphatic rings. The number of hydrogen-bond donors (Lipinski definition) is 0. The van der Waals surface area contributed by atoms with Gasteiger partial charge in [0.1, 0.15) is 0 Å². The lowest BCUT2D eigenvalue weighted by atomic mass is 10.1. The Labute approximate surface area is 103 Å². The molecule has 1 aromatic rings. The molecule has 17 heavy (non-hydrogen) atoms. The number of likely N-dealkylation sites (N-methyl/N-ethyl adjacent to an activating group) is 1. The highest BCUT2D eigenvalue weighted by Gasteiger charge is 2.17. The van der Waals surface area contributed by atoms with E-state index < -0.39 is 0 Å². The van der Waals surface area contributed by atoms with Gasteiger partial charge in [0.2, 0.25) is 0 Å². The van der Waals surface area contributed by atoms with Crippen LogP contribution in [0, 0.1) is 18.3 Å². The highest BCUT2D eigenvalue weighted by Crippen LogP contribution is 2.23. The maximum atomic E-state index is 9.04. The van der Waals surface area contributed by atoms with Crippen LogP contribution in [-0.2, 0) is 0 Å². The van der Waals surface area contributed by atoms with Gasteiger partial charge in [0.15, 0.2) is 0 Å². The van der Waals surface area contributed by atoms with Crippen LogP contribution in [-0.4, -0.2) is 37.6 Å². The van der Waals surface area contributed by atoms with Gasteiger partial charge in [-0.05, 0) is 31.2 Å². The predicted octanol–water partition coefficient (Wildman–Crippen LogP) is 2.01. The molecule has 3 nitrogen and oxygen atoms in total. The molecule has 0 amide bonds. The van der Waals surface area contributed by atoms with Crippen LogP contribution in [0.2, 0.25) is 0 Å². The second-order valence-electron chi connectivity index (χ2n) is 4.48. The van der Waals surface area contributed by atoms with Gasteiger partial charge in [-0.25, -0.2) is 0 Å². The number of rotatable bonds is 2. The van der Waals surface area contributed by atoms with Crippen LogP contribution in [0.15, 0.2) is 18.2 Å². The van der Waals surface area contributed by atoms with Crippen LogP contribution >= 0.6 is 0 Å². The molecule has 0 aromatic heterocycles. The van der Waals surface area contributed by atoms with E-state index in [-0.39, 0.29) is 0 Å². The summed E-state index contributed by atoms with van der Waals surface area (Å²) < 4.78 is 0. The summed E-state index contributed by atoms with van der Waals surface area (Å²) in [6, 6.07) is 8.25. The molecule has 0 bridgehead atoms. The minimum absolute atomic E-state index is 0.792. The van der Waals surface area contributed by atoms with Gasteiger partial charge < -0.3 is 9.80 Å². The van der Waals surface area contributed by atoms with Gasteiger partial charge in [-0.2, -0.15) is 5.26 Å². The van der Waals surface area contributed by atoms with Gasteiger partial charge in [0.25, 0.3) is 0 Å². The molecule has 0 spiro atoms. The van der Waals surface area contributed by atoms with Crippen molar-refractivity contribution < 1.29 is 0 Å². The topological polar surface area (TPSA) is 30.3 Å². The Morgan fingerprint density at radius 3 is 2.53 bits per heavy atom. The highest BCUT2D eigenvalue weighted by molar-refractivity contribution is 5.59. The minimum Gasteiger partial charge on any atom is -0.369 e. The second-order valence-corrected chi connectivity index (χ2v) is 4.48. The molecule has 0 atom stereocenters. The molecule has 1 fully saturated rings. The van der Waals surface area contributed by atoms with Crippen molar-refractivity contribution in [1.29, 1.82) is 5.26 Å². The molecule has 1 aliphatic heterocycles. The van der Waals surface area contributed by atoms with Crippen LogP contribution < -0.4 is 4.90 Å². The Morgan fingerprint density at radius 1 is 1.24 bits per heavy atom. The van der Waals surface area contributed by atoms with Crippen LogP contribution in [0.25, 0.3) is 0 Å². The number of benzene rings is 1. The monoisotopic (exact) mass is 229 g/mol. The van der Waals surface area contributed by atoms with Crippen LogP contribution in [0.1, 0.15) is 18.1 Å². The third kappa shape index (κ3) is 2.42. The summed E-state index contributed by atoms with van der Waals surface area (Å²) in [6.45, 7) is 9.73. The predicted molar refractivity (Wildman–Crippen MR) is 70.2 cm³/mol. The SMILES string of the molecule is CCN1CCN(c2cccc(C#N)c2C)CC1. The molecule has 0 N–H and O–H groups in total. The lowest BCUT2D eigenvalue weighted by molar-refractivity contribution is 0.271. The van der Waals surface area contributed by atoms with Crippen molar-refractivity contribution in [1.82, 2.24) is 4.90 Å². The molecular formula is C14H19N3. The quantitative estimate of drug-likeness (QED) is 0.777. The number of hydrogen-bond acceptors (Lipinski definition) is 3. The van der Waals surface area contributed by atoms with E-state index in [1.807, 2.05) is 19.1 Å². The number of piperazine rings is 1. The van der Waals surface area contributed by atoms with Crippen molar-refractivity contribution >= 4 is 5.69 Å². The standard InChI is InChI=1S/C14H19N3/c1-3-16-7-9-17(10-8-16)14-6-4-5-13(11-15)12(14)2/h4-6H,3,7-10H2,1-2H3. The first kappa shape index (κ1) is 11.9. The summed E-state index contributed by atoms with van der Waals surface area (Å²) in [5.74, 6) is 0. The third-order valence-electron chi connectivity index (χ3n) is 3.59. The Morgan fingerprint density at radius 2 is 1.94 bits per heavy atom. The van der Waals surface area contributed by atoms with Crippen molar-refractivity contribution in [3.05, 3.63) is 29.3 Å². The van der Waals surface area contributed by atoms with E-state index in [9.17, 15) is 0 Å². The van der Waals surface area contributed by atoms with E-state index in [1.54, 1.807) is 0 Å². The maximum Gasteiger partial charge on any atom is 0.0995 e. The third-order valence-corrected chi connectivity index (χ3v) is 3.59. The Bertz CT molecular complexity index is 426. The van der Waals surface area contributed by atoms with E-state index in [4.69, 9.17) is 5.26 Å². The first-order valence-corrected chi connectivity index (χ1v) is 6.23. The van der Waals surface area contributed by atoms with Gasteiger partial charge in [-0.1, -0.05) is 13.0 Å². The molecule has 2 rings (SSSR count). The van der Waals surface area contributed by atoms with E-state index in [0.717, 1.165) is 43.9 Å². The van der Waals surface area contributed by atoms with Gasteiger partial charge in [-0.3, -0.25) is 0 Å². The maximum absolute atomic E-state index is 9.04. The van der Waals surface area contributed by atoms with E-state index in [0.29, 0.717) is 0 Å². The molecule has 0 radical (unpaired) electrons. The second kappa shape index (κ2) is 5.20. The number of anilines is 1. The lowest BCUT2D eigenvalue weighted by Gasteiger charge is -2.36. The summed E-state index contributed by atoms with van der Waals surface area (Å²) >= 11 is 0. The summed E-state index contributed by atoms with van der Waals surface area (Å²) in [7, 11) is 0. The highest BCUT2D eigenvalue weighted by atomic mass is 15.3. The fourth-order valence-electron chi connectivity index (χ4n) is 2.39. The molecule has 0 unspecified atom stereocenters. The first-order chi connectivity index (χ1) is 8.26. The average Bonchev–Trinajstić information content (AvgIpc) is 2.39. The molecule has 1 aromatic carbocycles. The van der Waals surface area contributed by atoms with Gasteiger partial charge in [0.05, 0.1) is 11.6 Å². The molecule has 1 saturated heterocycles. The van der Waals surface area contributed by atoms with Crippen LogP contribution in [0.3, 0.4) is 0 Å². The van der Waals surface area contributed by atoms with Crippen molar-refractivity contribution in [2.45, 2.75) is 13.8 Å². The fourth-order valence-corrected chi connectivity index (χ4v) is 2.39. The van der Waals surface area contributed by atoms with Gasteiger partial charge >= 0.3 is 0 Å². The lowest BCUT2D eigenvalue weighted by Crippen LogP contribution is -2.46. The average molecular weight is 229 g/mol. The smallest absolute Gasteiger partial charge is 0.0995 e. The number of nitrogens with zero attached hydrogens (tertiary/aromatic N) is 3. The largest absolute Gasteiger partial charge is 0.369 e. The Hall–Kier alpha value is -1.53. The van der Waals surface area contributed by atoms with Crippen molar-refractivity contribution in [2.75, 3.05) is 37.6 Å². The van der Waals surface area contributed by atoms with E-state index in [1.165, 1.54) is 5.69 Å². The summed E-state index contributed by atoms with van der Waals surface area (Å²) in [5.41, 5.74) is 3.13.